The van der Waals surface area contributed by atoms with Gasteiger partial charge in [-0.3, -0.25) is 14.5 Å². The zero-order chi connectivity index (χ0) is 22.8. The zero-order valence-electron chi connectivity index (χ0n) is 17.6. The van der Waals surface area contributed by atoms with Gasteiger partial charge in [0.1, 0.15) is 17.8 Å². The Balaban J connectivity index is 1.62. The third-order valence-corrected chi connectivity index (χ3v) is 5.59. The Morgan fingerprint density at radius 1 is 1.28 bits per heavy atom. The minimum atomic E-state index is -1.23. The quantitative estimate of drug-likeness (QED) is 0.559. The van der Waals surface area contributed by atoms with Gasteiger partial charge in [-0.15, -0.1) is 0 Å². The molecule has 0 saturated carbocycles. The van der Waals surface area contributed by atoms with Crippen molar-refractivity contribution in [3.8, 4) is 0 Å². The molecule has 2 heterocycles. The molecule has 0 unspecified atom stereocenters. The molecule has 0 fully saturated rings. The second kappa shape index (κ2) is 8.58. The molecular weight excluding hydrogens is 414 g/mol. The van der Waals surface area contributed by atoms with E-state index in [0.717, 1.165) is 16.0 Å². The van der Waals surface area contributed by atoms with Crippen molar-refractivity contribution < 1.29 is 24.0 Å². The number of carbonyl (C=O) groups excluding carboxylic acids is 2. The Labute approximate surface area is 183 Å². The number of para-hydroxylation sites is 3. The molecule has 0 saturated heterocycles. The third kappa shape index (κ3) is 4.07. The van der Waals surface area contributed by atoms with Crippen molar-refractivity contribution in [3.05, 3.63) is 54.2 Å². The van der Waals surface area contributed by atoms with E-state index >= 15 is 0 Å². The van der Waals surface area contributed by atoms with Gasteiger partial charge in [0.15, 0.2) is 5.58 Å². The molecule has 2 atom stereocenters. The minimum Gasteiger partial charge on any atom is -0.465 e. The van der Waals surface area contributed by atoms with E-state index < -0.39 is 24.1 Å². The van der Waals surface area contributed by atoms with Crippen molar-refractivity contribution in [2.24, 2.45) is 0 Å². The van der Waals surface area contributed by atoms with Crippen molar-refractivity contribution in [3.63, 3.8) is 0 Å². The molecule has 0 aliphatic carbocycles. The number of benzene rings is 2. The van der Waals surface area contributed by atoms with E-state index in [1.807, 2.05) is 47.4 Å². The van der Waals surface area contributed by atoms with Gasteiger partial charge in [-0.2, -0.15) is 0 Å². The van der Waals surface area contributed by atoms with Gasteiger partial charge in [-0.1, -0.05) is 29.4 Å². The van der Waals surface area contributed by atoms with Crippen LogP contribution in [0.4, 0.5) is 16.2 Å². The predicted octanol–water partition coefficient (Wildman–Crippen LogP) is 2.27. The molecule has 0 spiro atoms. The summed E-state index contributed by atoms with van der Waals surface area (Å²) in [5.41, 5.74) is 2.75. The van der Waals surface area contributed by atoms with E-state index in [-0.39, 0.29) is 12.5 Å². The molecule has 10 heteroatoms. The average Bonchev–Trinajstić information content (AvgIpc) is 3.14. The molecule has 3 N–H and O–H groups in total. The van der Waals surface area contributed by atoms with Gasteiger partial charge in [0.25, 0.3) is 0 Å². The van der Waals surface area contributed by atoms with Gasteiger partial charge in [0.2, 0.25) is 11.8 Å². The second-order valence-corrected chi connectivity index (χ2v) is 7.64. The van der Waals surface area contributed by atoms with Crippen molar-refractivity contribution >= 4 is 40.3 Å². The molecule has 1 aliphatic rings. The van der Waals surface area contributed by atoms with Gasteiger partial charge in [0.05, 0.1) is 17.9 Å². The Kier molecular flexibility index (Phi) is 5.67. The van der Waals surface area contributed by atoms with E-state index in [4.69, 9.17) is 9.63 Å². The van der Waals surface area contributed by atoms with Crippen LogP contribution in [0.3, 0.4) is 0 Å². The monoisotopic (exact) mass is 437 g/mol. The van der Waals surface area contributed by atoms with Crippen molar-refractivity contribution in [2.75, 3.05) is 23.8 Å². The first-order valence-electron chi connectivity index (χ1n) is 10.1. The van der Waals surface area contributed by atoms with Gasteiger partial charge >= 0.3 is 6.09 Å². The molecule has 0 bridgehead atoms. The Morgan fingerprint density at radius 2 is 2.00 bits per heavy atom. The lowest BCUT2D eigenvalue weighted by Gasteiger charge is -2.27. The molecule has 32 heavy (non-hydrogen) atoms. The van der Waals surface area contributed by atoms with Gasteiger partial charge < -0.3 is 25.2 Å². The second-order valence-electron chi connectivity index (χ2n) is 7.64. The maximum absolute atomic E-state index is 12.9. The molecule has 4 rings (SSSR count). The number of hydrogen-bond donors (Lipinski definition) is 3. The summed E-state index contributed by atoms with van der Waals surface area (Å²) in [6.07, 6.45) is -1.23. The van der Waals surface area contributed by atoms with Crippen LogP contribution in [0.2, 0.25) is 0 Å². The summed E-state index contributed by atoms with van der Waals surface area (Å²) in [6, 6.07) is 13.0. The Morgan fingerprint density at radius 3 is 2.78 bits per heavy atom. The smallest absolute Gasteiger partial charge is 0.407 e. The number of likely N-dealkylation sites (N-methyl/N-ethyl adjacent to an activating group) is 1. The van der Waals surface area contributed by atoms with Crippen molar-refractivity contribution in [1.82, 2.24) is 15.4 Å². The highest BCUT2D eigenvalue weighted by Gasteiger charge is 2.32. The number of rotatable bonds is 5. The normalized spacial score (nSPS) is 16.6. The highest BCUT2D eigenvalue weighted by molar-refractivity contribution is 6.02. The Bertz CT molecular complexity index is 1180. The largest absolute Gasteiger partial charge is 0.465 e. The third-order valence-electron chi connectivity index (χ3n) is 5.59. The number of fused-ring (bicyclic) bond motifs is 2. The summed E-state index contributed by atoms with van der Waals surface area (Å²) in [7, 11) is 1.30. The van der Waals surface area contributed by atoms with Crippen LogP contribution in [0.1, 0.15) is 12.6 Å². The van der Waals surface area contributed by atoms with Crippen LogP contribution in [0.15, 0.2) is 53.1 Å². The summed E-state index contributed by atoms with van der Waals surface area (Å²) in [5, 5.41) is 19.7. The molecule has 1 aromatic heterocycles. The number of carbonyl (C=O) groups is 3. The van der Waals surface area contributed by atoms with Gasteiger partial charge in [-0.05, 0) is 31.2 Å². The molecule has 3 aromatic rings. The number of nitrogens with zero attached hydrogens (tertiary/aromatic N) is 3. The number of amides is 3. The first-order chi connectivity index (χ1) is 15.3. The molecule has 2 aromatic carbocycles. The number of aromatic nitrogens is 1. The fourth-order valence-corrected chi connectivity index (χ4v) is 3.60. The first kappa shape index (κ1) is 21.2. The number of anilines is 2. The standard InChI is InChI=1S/C22H23N5O5/c1-13(26(2)22(30)31)20(28)24-17-12-27(18-9-5-4-8-15(18)23-21(17)29)11-16-14-7-3-6-10-19(14)32-25-16/h3-10,13,17H,11-12H2,1-2H3,(H,23,29)(H,24,28)(H,30,31)/t13-,17-/m0/s1. The topological polar surface area (TPSA) is 128 Å². The van der Waals surface area contributed by atoms with Crippen LogP contribution < -0.4 is 15.5 Å². The van der Waals surface area contributed by atoms with E-state index in [1.165, 1.54) is 14.0 Å². The number of carboxylic acid groups (broad SMARTS) is 1. The highest BCUT2D eigenvalue weighted by Crippen LogP contribution is 2.31. The van der Waals surface area contributed by atoms with E-state index in [1.54, 1.807) is 6.07 Å². The molecule has 166 valence electrons. The van der Waals surface area contributed by atoms with Crippen LogP contribution in [-0.4, -0.2) is 58.7 Å². The van der Waals surface area contributed by atoms with E-state index in [9.17, 15) is 14.4 Å². The molecule has 0 radical (unpaired) electrons. The highest BCUT2D eigenvalue weighted by atomic mass is 16.5. The van der Waals surface area contributed by atoms with Crippen LogP contribution in [0, 0.1) is 0 Å². The first-order valence-corrected chi connectivity index (χ1v) is 10.1. The molecule has 3 amide bonds. The van der Waals surface area contributed by atoms with Gasteiger partial charge in [0, 0.05) is 19.0 Å². The van der Waals surface area contributed by atoms with Gasteiger partial charge in [-0.25, -0.2) is 4.79 Å². The predicted molar refractivity (Wildman–Crippen MR) is 117 cm³/mol. The molecule has 10 nitrogen and oxygen atoms in total. The fourth-order valence-electron chi connectivity index (χ4n) is 3.60. The summed E-state index contributed by atoms with van der Waals surface area (Å²) >= 11 is 0. The molecule has 1 aliphatic heterocycles. The zero-order valence-corrected chi connectivity index (χ0v) is 17.6. The van der Waals surface area contributed by atoms with Crippen LogP contribution in [-0.2, 0) is 16.1 Å². The van der Waals surface area contributed by atoms with Crippen LogP contribution in [0.5, 0.6) is 0 Å². The fraction of sp³-hybridized carbons (Fsp3) is 0.273. The summed E-state index contributed by atoms with van der Waals surface area (Å²) in [5.74, 6) is -0.948. The SMILES string of the molecule is C[C@@H](C(=O)N[C@H]1CN(Cc2noc3ccccc23)c2ccccc2NC1=O)N(C)C(=O)O. The van der Waals surface area contributed by atoms with Crippen LogP contribution in [0.25, 0.3) is 11.0 Å². The maximum atomic E-state index is 12.9. The van der Waals surface area contributed by atoms with E-state index in [2.05, 4.69) is 15.8 Å². The summed E-state index contributed by atoms with van der Waals surface area (Å²) in [4.78, 5) is 39.5. The lowest BCUT2D eigenvalue weighted by atomic mass is 10.1. The molecular formula is C22H23N5O5. The van der Waals surface area contributed by atoms with E-state index in [0.29, 0.717) is 23.5 Å². The maximum Gasteiger partial charge on any atom is 0.407 e. The van der Waals surface area contributed by atoms with Crippen LogP contribution >= 0.6 is 0 Å². The summed E-state index contributed by atoms with van der Waals surface area (Å²) < 4.78 is 5.41. The summed E-state index contributed by atoms with van der Waals surface area (Å²) in [6.45, 7) is 1.98. The lowest BCUT2D eigenvalue weighted by Crippen LogP contribution is -2.54. The average molecular weight is 437 g/mol. The Hall–Kier alpha value is -4.08. The lowest BCUT2D eigenvalue weighted by molar-refractivity contribution is -0.129. The number of hydrogen-bond acceptors (Lipinski definition) is 6. The number of nitrogens with one attached hydrogen (secondary N) is 2. The van der Waals surface area contributed by atoms with Crippen molar-refractivity contribution in [2.45, 2.75) is 25.6 Å². The van der Waals surface area contributed by atoms with Crippen molar-refractivity contribution in [1.29, 1.82) is 0 Å². The minimum absolute atomic E-state index is 0.166.